The number of benzene rings is 6. The van der Waals surface area contributed by atoms with E-state index in [1.165, 1.54) is 22.4 Å². The molecular weight excluding hydrogens is 927 g/mol. The molecular formula is C54H53IrN3OSi-2. The Morgan fingerprint density at radius 2 is 1.53 bits per heavy atom. The second-order valence-electron chi connectivity index (χ2n) is 17.6. The van der Waals surface area contributed by atoms with Gasteiger partial charge in [-0.25, -0.2) is 0 Å². The number of rotatable bonds is 6. The Morgan fingerprint density at radius 3 is 2.20 bits per heavy atom. The number of pyridine rings is 1. The first kappa shape index (κ1) is 35.4. The third kappa shape index (κ3) is 8.47. The number of furan rings is 1. The molecule has 60 heavy (non-hydrogen) atoms. The number of hydrogen-bond donors (Lipinski definition) is 0. The van der Waals surface area contributed by atoms with Gasteiger partial charge in [0.1, 0.15) is 5.58 Å². The van der Waals surface area contributed by atoms with Crippen LogP contribution in [-0.2, 0) is 25.5 Å². The van der Waals surface area contributed by atoms with Crippen molar-refractivity contribution < 1.29 is 32.7 Å². The monoisotopic (exact) mass is 986 g/mol. The minimum Gasteiger partial charge on any atom is -0.501 e. The summed E-state index contributed by atoms with van der Waals surface area (Å²) < 4.78 is 54.5. The van der Waals surface area contributed by atoms with Gasteiger partial charge in [-0.2, -0.15) is 0 Å². The normalized spacial score (nSPS) is 13.8. The molecule has 3 aromatic heterocycles. The van der Waals surface area contributed by atoms with Crippen molar-refractivity contribution in [1.29, 1.82) is 0 Å². The quantitative estimate of drug-likeness (QED) is 0.123. The Kier molecular flexibility index (Phi) is 9.98. The van der Waals surface area contributed by atoms with Crippen molar-refractivity contribution in [2.24, 2.45) is 0 Å². The number of hydrogen-bond acceptors (Lipinski definition) is 3. The molecule has 6 heteroatoms. The number of nitrogens with zero attached hydrogens (tertiary/aromatic N) is 3. The Balaban J connectivity index is 0.000000260. The van der Waals surface area contributed by atoms with Crippen LogP contribution in [0.4, 0.5) is 0 Å². The third-order valence-electron chi connectivity index (χ3n) is 10.9. The van der Waals surface area contributed by atoms with Crippen molar-refractivity contribution in [3.05, 3.63) is 168 Å². The predicted octanol–water partition coefficient (Wildman–Crippen LogP) is 14.2. The molecule has 3 heterocycles. The summed E-state index contributed by atoms with van der Waals surface area (Å²) in [6.45, 7) is 13.8. The SMILES string of the molecule is [2H]C([2H])([2H])c1c[c-]c(-c2ccc([Si](C)(C)C)cn2)cc1.[2H]C([2H])([2H])c1ccc2c(c1)oc1c(-c3nc4ccccc4n3-c3c(-c4ccccc4)cc(C(C)(C)C)cc3C(C)C)[c-]ccc12.[Ir]. The maximum Gasteiger partial charge on any atom is 0.121 e. The minimum absolute atomic E-state index is 0. The molecule has 9 rings (SSSR count). The summed E-state index contributed by atoms with van der Waals surface area (Å²) in [5.41, 5.74) is 11.7. The van der Waals surface area contributed by atoms with Crippen LogP contribution in [0.15, 0.2) is 138 Å². The Hall–Kier alpha value is -5.39. The van der Waals surface area contributed by atoms with Crippen molar-refractivity contribution in [1.82, 2.24) is 14.5 Å². The maximum absolute atomic E-state index is 7.92. The van der Waals surface area contributed by atoms with Gasteiger partial charge in [-0.1, -0.05) is 145 Å². The van der Waals surface area contributed by atoms with Crippen molar-refractivity contribution in [2.45, 2.75) is 79.3 Å². The molecule has 0 amide bonds. The number of aromatic nitrogens is 3. The van der Waals surface area contributed by atoms with Crippen molar-refractivity contribution in [3.8, 4) is 39.5 Å². The topological polar surface area (TPSA) is 43.9 Å². The van der Waals surface area contributed by atoms with E-state index in [-0.39, 0.29) is 37.0 Å². The van der Waals surface area contributed by atoms with Gasteiger partial charge in [-0.15, -0.1) is 53.6 Å². The van der Waals surface area contributed by atoms with Gasteiger partial charge in [0.25, 0.3) is 0 Å². The summed E-state index contributed by atoms with van der Waals surface area (Å²) in [5, 5.41) is 3.06. The van der Waals surface area contributed by atoms with E-state index in [1.807, 2.05) is 54.7 Å². The molecule has 0 spiro atoms. The second-order valence-corrected chi connectivity index (χ2v) is 22.7. The van der Waals surface area contributed by atoms with Crippen LogP contribution >= 0.6 is 0 Å². The van der Waals surface area contributed by atoms with E-state index < -0.39 is 21.8 Å². The van der Waals surface area contributed by atoms with E-state index >= 15 is 0 Å². The summed E-state index contributed by atoms with van der Waals surface area (Å²) in [6, 6.07) is 47.9. The summed E-state index contributed by atoms with van der Waals surface area (Å²) in [5.74, 6) is 0.947. The average Bonchev–Trinajstić information content (AvgIpc) is 3.84. The molecule has 0 aliphatic heterocycles. The van der Waals surface area contributed by atoms with E-state index in [1.54, 1.807) is 24.3 Å². The molecule has 6 aromatic carbocycles. The maximum atomic E-state index is 7.92. The second kappa shape index (κ2) is 16.9. The molecule has 0 atom stereocenters. The molecule has 0 unspecified atom stereocenters. The molecule has 0 saturated carbocycles. The Labute approximate surface area is 378 Å². The number of imidazole rings is 1. The number of fused-ring (bicyclic) bond motifs is 4. The van der Waals surface area contributed by atoms with Crippen LogP contribution in [0.3, 0.4) is 0 Å². The van der Waals surface area contributed by atoms with Crippen molar-refractivity contribution in [2.75, 3.05) is 0 Å². The van der Waals surface area contributed by atoms with Gasteiger partial charge in [-0.3, -0.25) is 4.98 Å². The fraction of sp³-hybridized carbons (Fsp3) is 0.222. The summed E-state index contributed by atoms with van der Waals surface area (Å²) >= 11 is 0. The van der Waals surface area contributed by atoms with Gasteiger partial charge in [-0.05, 0) is 75.6 Å². The first-order valence-electron chi connectivity index (χ1n) is 23.2. The third-order valence-corrected chi connectivity index (χ3v) is 12.9. The smallest absolute Gasteiger partial charge is 0.121 e. The van der Waals surface area contributed by atoms with Crippen LogP contribution in [0.25, 0.3) is 72.4 Å². The summed E-state index contributed by atoms with van der Waals surface area (Å²) in [6.07, 6.45) is 1.92. The molecule has 0 fully saturated rings. The molecule has 0 aliphatic carbocycles. The standard InChI is InChI=1S/C39H35N2O.C15H18NSi.Ir/c1-24(2)31-22-27(39(4,5)6)23-32(26-13-8-7-9-14-26)36(31)41-34-18-11-10-17-33(34)40-38(41)30-16-12-15-29-28-20-19-25(3)21-35(28)42-37(29)30;1-12-5-7-13(8-6-12)15-10-9-14(11-16-15)17(2,3)4;/h7-15,17-24H,1-6H3;5-7,9-11H,1-4H3;/q2*-1;/i3D3;1D3;. The molecule has 0 saturated heterocycles. The van der Waals surface area contributed by atoms with Gasteiger partial charge < -0.3 is 14.0 Å². The fourth-order valence-corrected chi connectivity index (χ4v) is 8.56. The number of aryl methyl sites for hydroxylation is 2. The molecule has 9 aromatic rings. The van der Waals surface area contributed by atoms with E-state index in [0.717, 1.165) is 61.3 Å². The van der Waals surface area contributed by atoms with Gasteiger partial charge in [0.2, 0.25) is 0 Å². The van der Waals surface area contributed by atoms with Crippen LogP contribution in [0.5, 0.6) is 0 Å². The largest absolute Gasteiger partial charge is 0.501 e. The molecule has 0 aliphatic rings. The zero-order valence-corrected chi connectivity index (χ0v) is 38.8. The molecule has 4 nitrogen and oxygen atoms in total. The zero-order chi connectivity index (χ0) is 46.6. The molecule has 305 valence electrons. The van der Waals surface area contributed by atoms with E-state index in [9.17, 15) is 0 Å². The molecule has 0 bridgehead atoms. The van der Waals surface area contributed by atoms with Crippen LogP contribution in [-0.4, -0.2) is 22.6 Å². The van der Waals surface area contributed by atoms with Crippen LogP contribution < -0.4 is 5.19 Å². The van der Waals surface area contributed by atoms with Crippen LogP contribution in [0, 0.1) is 25.8 Å². The van der Waals surface area contributed by atoms with Gasteiger partial charge >= 0.3 is 0 Å². The Bertz CT molecular complexity index is 3100. The Morgan fingerprint density at radius 1 is 0.783 bits per heavy atom. The predicted molar refractivity (Wildman–Crippen MR) is 252 cm³/mol. The van der Waals surface area contributed by atoms with Gasteiger partial charge in [0.05, 0.1) is 30.5 Å². The van der Waals surface area contributed by atoms with Crippen molar-refractivity contribution >= 4 is 46.2 Å². The van der Waals surface area contributed by atoms with E-state index in [0.29, 0.717) is 16.7 Å². The minimum atomic E-state index is -2.23. The summed E-state index contributed by atoms with van der Waals surface area (Å²) in [4.78, 5) is 9.69. The van der Waals surface area contributed by atoms with Crippen LogP contribution in [0.2, 0.25) is 19.6 Å². The number of para-hydroxylation sites is 2. The zero-order valence-electron chi connectivity index (χ0n) is 41.4. The van der Waals surface area contributed by atoms with Gasteiger partial charge in [0.15, 0.2) is 0 Å². The first-order valence-corrected chi connectivity index (χ1v) is 23.7. The average molecular weight is 986 g/mol. The molecule has 1 radical (unpaired) electrons. The van der Waals surface area contributed by atoms with E-state index in [4.69, 9.17) is 17.6 Å². The van der Waals surface area contributed by atoms with Crippen molar-refractivity contribution in [3.63, 3.8) is 0 Å². The fourth-order valence-electron chi connectivity index (χ4n) is 7.53. The van der Waals surface area contributed by atoms with Gasteiger partial charge in [0, 0.05) is 51.2 Å². The first-order chi connectivity index (χ1) is 30.6. The summed E-state index contributed by atoms with van der Waals surface area (Å²) in [7, 11) is -1.34. The van der Waals surface area contributed by atoms with Crippen LogP contribution in [0.1, 0.15) is 71.0 Å². The van der Waals surface area contributed by atoms with E-state index in [2.05, 4.69) is 124 Å². The molecule has 0 N–H and O–H groups in total.